The molecule has 0 bridgehead atoms. The fraction of sp³-hybridized carbons (Fsp3) is 0.929. The van der Waals surface area contributed by atoms with Crippen molar-refractivity contribution < 1.29 is 4.79 Å². The summed E-state index contributed by atoms with van der Waals surface area (Å²) in [7, 11) is 2.02. The Bertz CT molecular complexity index is 261. The SMILES string of the molecule is CNC1CCN(C(=O)CC2CCCC2)CC1C. The fourth-order valence-corrected chi connectivity index (χ4v) is 3.39. The van der Waals surface area contributed by atoms with Crippen molar-refractivity contribution in [1.29, 1.82) is 0 Å². The highest BCUT2D eigenvalue weighted by Crippen LogP contribution is 2.28. The first-order valence-electron chi connectivity index (χ1n) is 7.15. The van der Waals surface area contributed by atoms with Gasteiger partial charge in [0, 0.05) is 25.6 Å². The molecule has 17 heavy (non-hydrogen) atoms. The zero-order valence-corrected chi connectivity index (χ0v) is 11.2. The van der Waals surface area contributed by atoms with E-state index in [-0.39, 0.29) is 0 Å². The molecule has 1 aliphatic carbocycles. The Labute approximate surface area is 105 Å². The number of hydrogen-bond acceptors (Lipinski definition) is 2. The van der Waals surface area contributed by atoms with E-state index in [4.69, 9.17) is 0 Å². The minimum Gasteiger partial charge on any atom is -0.342 e. The molecule has 1 heterocycles. The molecule has 2 fully saturated rings. The molecule has 0 radical (unpaired) electrons. The standard InChI is InChI=1S/C14H26N2O/c1-11-10-16(8-7-13(11)15-2)14(17)9-12-5-3-4-6-12/h11-13,15H,3-10H2,1-2H3. The molecule has 3 nitrogen and oxygen atoms in total. The molecule has 0 aromatic carbocycles. The second-order valence-corrected chi connectivity index (χ2v) is 5.86. The summed E-state index contributed by atoms with van der Waals surface area (Å²) in [6.45, 7) is 4.13. The van der Waals surface area contributed by atoms with E-state index < -0.39 is 0 Å². The van der Waals surface area contributed by atoms with E-state index in [9.17, 15) is 4.79 Å². The third kappa shape index (κ3) is 3.21. The van der Waals surface area contributed by atoms with Crippen molar-refractivity contribution in [2.45, 2.75) is 51.5 Å². The summed E-state index contributed by atoms with van der Waals surface area (Å²) in [6, 6.07) is 0.588. The van der Waals surface area contributed by atoms with Crippen molar-refractivity contribution in [2.24, 2.45) is 11.8 Å². The summed E-state index contributed by atoms with van der Waals surface area (Å²) < 4.78 is 0. The highest BCUT2D eigenvalue weighted by atomic mass is 16.2. The maximum Gasteiger partial charge on any atom is 0.222 e. The topological polar surface area (TPSA) is 32.3 Å². The second kappa shape index (κ2) is 5.85. The van der Waals surface area contributed by atoms with E-state index in [2.05, 4.69) is 17.1 Å². The Kier molecular flexibility index (Phi) is 4.43. The van der Waals surface area contributed by atoms with Crippen LogP contribution in [-0.2, 0) is 4.79 Å². The number of likely N-dealkylation sites (tertiary alicyclic amines) is 1. The molecule has 0 aromatic heterocycles. The number of piperidine rings is 1. The highest BCUT2D eigenvalue weighted by molar-refractivity contribution is 5.76. The first-order valence-corrected chi connectivity index (χ1v) is 7.15. The zero-order chi connectivity index (χ0) is 12.3. The van der Waals surface area contributed by atoms with Gasteiger partial charge < -0.3 is 10.2 Å². The van der Waals surface area contributed by atoms with Crippen molar-refractivity contribution >= 4 is 5.91 Å². The average molecular weight is 238 g/mol. The number of carbonyl (C=O) groups is 1. The number of carbonyl (C=O) groups excluding carboxylic acids is 1. The van der Waals surface area contributed by atoms with Crippen LogP contribution < -0.4 is 5.32 Å². The first kappa shape index (κ1) is 12.9. The molecule has 0 spiro atoms. The fourth-order valence-electron chi connectivity index (χ4n) is 3.39. The molecule has 1 amide bonds. The van der Waals surface area contributed by atoms with Crippen LogP contribution in [0.1, 0.15) is 45.4 Å². The lowest BCUT2D eigenvalue weighted by Crippen LogP contribution is -2.49. The summed E-state index contributed by atoms with van der Waals surface area (Å²) >= 11 is 0. The Morgan fingerprint density at radius 2 is 2.00 bits per heavy atom. The molecular formula is C14H26N2O. The van der Waals surface area contributed by atoms with Crippen molar-refractivity contribution in [3.05, 3.63) is 0 Å². The van der Waals surface area contributed by atoms with E-state index >= 15 is 0 Å². The third-order valence-electron chi connectivity index (χ3n) is 4.57. The lowest BCUT2D eigenvalue weighted by Gasteiger charge is -2.37. The molecule has 1 saturated heterocycles. The van der Waals surface area contributed by atoms with E-state index in [1.54, 1.807) is 0 Å². The molecule has 3 heteroatoms. The molecule has 2 rings (SSSR count). The van der Waals surface area contributed by atoms with Gasteiger partial charge in [0.25, 0.3) is 0 Å². The van der Waals surface area contributed by atoms with Crippen LogP contribution in [0.25, 0.3) is 0 Å². The van der Waals surface area contributed by atoms with Gasteiger partial charge in [0.05, 0.1) is 0 Å². The van der Waals surface area contributed by atoms with Crippen molar-refractivity contribution in [1.82, 2.24) is 10.2 Å². The summed E-state index contributed by atoms with van der Waals surface area (Å²) in [6.07, 6.45) is 7.11. The number of rotatable bonds is 3. The molecular weight excluding hydrogens is 212 g/mol. The smallest absolute Gasteiger partial charge is 0.222 e. The first-order chi connectivity index (χ1) is 8.20. The van der Waals surface area contributed by atoms with Crippen molar-refractivity contribution in [2.75, 3.05) is 20.1 Å². The van der Waals surface area contributed by atoms with E-state index in [1.807, 2.05) is 7.05 Å². The van der Waals surface area contributed by atoms with E-state index in [0.29, 0.717) is 23.8 Å². The predicted octanol–water partition coefficient (Wildman–Crippen LogP) is 2.02. The molecule has 1 N–H and O–H groups in total. The van der Waals surface area contributed by atoms with Gasteiger partial charge in [-0.3, -0.25) is 4.79 Å². The van der Waals surface area contributed by atoms with Crippen molar-refractivity contribution in [3.8, 4) is 0 Å². The van der Waals surface area contributed by atoms with Crippen LogP contribution in [0.2, 0.25) is 0 Å². The van der Waals surface area contributed by atoms with E-state index in [0.717, 1.165) is 25.9 Å². The highest BCUT2D eigenvalue weighted by Gasteiger charge is 2.29. The van der Waals surface area contributed by atoms with Gasteiger partial charge in [0.15, 0.2) is 0 Å². The number of nitrogens with one attached hydrogen (secondary N) is 1. The molecule has 0 aromatic rings. The Hall–Kier alpha value is -0.570. The molecule has 1 saturated carbocycles. The largest absolute Gasteiger partial charge is 0.342 e. The van der Waals surface area contributed by atoms with Gasteiger partial charge in [0.2, 0.25) is 5.91 Å². The Morgan fingerprint density at radius 1 is 1.29 bits per heavy atom. The maximum absolute atomic E-state index is 12.2. The minimum absolute atomic E-state index is 0.401. The van der Waals surface area contributed by atoms with Gasteiger partial charge >= 0.3 is 0 Å². The monoisotopic (exact) mass is 238 g/mol. The van der Waals surface area contributed by atoms with E-state index in [1.165, 1.54) is 25.7 Å². The van der Waals surface area contributed by atoms with Crippen LogP contribution in [0.5, 0.6) is 0 Å². The number of amides is 1. The van der Waals surface area contributed by atoms with Gasteiger partial charge in [-0.25, -0.2) is 0 Å². The molecule has 2 unspecified atom stereocenters. The summed E-state index contributed by atoms with van der Waals surface area (Å²) in [5, 5.41) is 3.35. The predicted molar refractivity (Wildman–Crippen MR) is 69.8 cm³/mol. The molecule has 2 aliphatic rings. The molecule has 1 aliphatic heterocycles. The minimum atomic E-state index is 0.401. The van der Waals surface area contributed by atoms with Crippen LogP contribution in [-0.4, -0.2) is 37.0 Å². The van der Waals surface area contributed by atoms with Gasteiger partial charge in [-0.1, -0.05) is 19.8 Å². The maximum atomic E-state index is 12.2. The number of hydrogen-bond donors (Lipinski definition) is 1. The van der Waals surface area contributed by atoms with Crippen LogP contribution in [0.3, 0.4) is 0 Å². The van der Waals surface area contributed by atoms with Crippen LogP contribution >= 0.6 is 0 Å². The van der Waals surface area contributed by atoms with Crippen LogP contribution in [0, 0.1) is 11.8 Å². The van der Waals surface area contributed by atoms with Crippen LogP contribution in [0.4, 0.5) is 0 Å². The van der Waals surface area contributed by atoms with Gasteiger partial charge in [-0.2, -0.15) is 0 Å². The summed E-state index contributed by atoms with van der Waals surface area (Å²) in [5.41, 5.74) is 0. The second-order valence-electron chi connectivity index (χ2n) is 5.86. The average Bonchev–Trinajstić information content (AvgIpc) is 2.81. The summed E-state index contributed by atoms with van der Waals surface area (Å²) in [4.78, 5) is 14.3. The Morgan fingerprint density at radius 3 is 2.59 bits per heavy atom. The zero-order valence-electron chi connectivity index (χ0n) is 11.2. The van der Waals surface area contributed by atoms with Gasteiger partial charge in [-0.05, 0) is 38.1 Å². The lowest BCUT2D eigenvalue weighted by atomic mass is 9.93. The van der Waals surface area contributed by atoms with Crippen LogP contribution in [0.15, 0.2) is 0 Å². The lowest BCUT2D eigenvalue weighted by molar-refractivity contribution is -0.134. The number of nitrogens with zero attached hydrogens (tertiary/aromatic N) is 1. The quantitative estimate of drug-likeness (QED) is 0.816. The Balaban J connectivity index is 1.80. The normalized spacial score (nSPS) is 30.8. The van der Waals surface area contributed by atoms with Gasteiger partial charge in [-0.15, -0.1) is 0 Å². The summed E-state index contributed by atoms with van der Waals surface area (Å²) in [5.74, 6) is 1.67. The molecule has 98 valence electrons. The molecule has 2 atom stereocenters. The van der Waals surface area contributed by atoms with Gasteiger partial charge in [0.1, 0.15) is 0 Å². The third-order valence-corrected chi connectivity index (χ3v) is 4.57. The van der Waals surface area contributed by atoms with Crippen molar-refractivity contribution in [3.63, 3.8) is 0 Å².